The number of hydrogen-bond acceptors (Lipinski definition) is 0. The van der Waals surface area contributed by atoms with Crippen molar-refractivity contribution >= 4 is 9.16 Å². The maximum atomic E-state index is 5.86. The molecule has 0 saturated carbocycles. The summed E-state index contributed by atoms with van der Waals surface area (Å²) >= 11 is 0. The van der Waals surface area contributed by atoms with Gasteiger partial charge in [-0.2, -0.15) is 0 Å². The second-order valence-electron chi connectivity index (χ2n) is 10.4. The standard InChI is InChI=1S/C24H42S/c1-12-18(4)22-15-21(13-2)20(6)23(16-22)24(7,14-3)17-19(5)25(8,9,10)11/h2,15-16,18-19,25H,12,14,17H2,1,3-11H3. The van der Waals surface area contributed by atoms with Crippen molar-refractivity contribution in [3.8, 4) is 12.3 Å². The lowest BCUT2D eigenvalue weighted by molar-refractivity contribution is 0.414. The zero-order valence-corrected chi connectivity index (χ0v) is 19.3. The van der Waals surface area contributed by atoms with Crippen molar-refractivity contribution in [2.75, 3.05) is 25.0 Å². The highest BCUT2D eigenvalue weighted by Gasteiger charge is 2.36. The van der Waals surface area contributed by atoms with Crippen LogP contribution in [0.15, 0.2) is 12.1 Å². The van der Waals surface area contributed by atoms with Gasteiger partial charge in [0.1, 0.15) is 0 Å². The molecule has 1 heteroatoms. The van der Waals surface area contributed by atoms with Crippen LogP contribution in [-0.2, 0) is 5.41 Å². The van der Waals surface area contributed by atoms with E-state index in [9.17, 15) is 0 Å². The summed E-state index contributed by atoms with van der Waals surface area (Å²) in [7, 11) is -1.61. The van der Waals surface area contributed by atoms with Gasteiger partial charge in [0.05, 0.1) is 0 Å². The van der Waals surface area contributed by atoms with E-state index in [4.69, 9.17) is 6.42 Å². The van der Waals surface area contributed by atoms with Crippen molar-refractivity contribution in [1.29, 1.82) is 0 Å². The Morgan fingerprint density at radius 2 is 1.68 bits per heavy atom. The lowest BCUT2D eigenvalue weighted by Gasteiger charge is -2.55. The smallest absolute Gasteiger partial charge is 0.0277 e. The molecule has 144 valence electrons. The molecule has 25 heavy (non-hydrogen) atoms. The quantitative estimate of drug-likeness (QED) is 0.414. The minimum atomic E-state index is -1.61. The van der Waals surface area contributed by atoms with E-state index in [0.717, 1.165) is 23.7 Å². The molecule has 0 N–H and O–H groups in total. The van der Waals surface area contributed by atoms with Crippen molar-refractivity contribution in [2.45, 2.75) is 77.4 Å². The third kappa shape index (κ3) is 5.07. The van der Waals surface area contributed by atoms with Gasteiger partial charge in [-0.25, -0.2) is 0 Å². The highest BCUT2D eigenvalue weighted by molar-refractivity contribution is 8.48. The van der Waals surface area contributed by atoms with Gasteiger partial charge in [0.25, 0.3) is 0 Å². The fourth-order valence-electron chi connectivity index (χ4n) is 3.50. The van der Waals surface area contributed by atoms with Crippen molar-refractivity contribution in [2.24, 2.45) is 0 Å². The molecule has 0 saturated heterocycles. The molecular weight excluding hydrogens is 320 g/mol. The maximum Gasteiger partial charge on any atom is 0.0277 e. The molecular formula is C24H42S. The van der Waals surface area contributed by atoms with Gasteiger partial charge in [-0.1, -0.05) is 46.6 Å². The van der Waals surface area contributed by atoms with Crippen molar-refractivity contribution < 1.29 is 0 Å². The zero-order chi connectivity index (χ0) is 19.7. The number of hydrogen-bond donors (Lipinski definition) is 1. The Morgan fingerprint density at radius 3 is 2.08 bits per heavy atom. The first kappa shape index (κ1) is 22.2. The fraction of sp³-hybridized carbons (Fsp3) is 0.667. The average molecular weight is 363 g/mol. The Morgan fingerprint density at radius 1 is 1.12 bits per heavy atom. The largest absolute Gasteiger partial charge is 0.290 e. The monoisotopic (exact) mass is 362 g/mol. The first-order valence-electron chi connectivity index (χ1n) is 9.87. The van der Waals surface area contributed by atoms with Crippen LogP contribution in [-0.4, -0.2) is 30.3 Å². The Bertz CT molecular complexity index is 644. The fourth-order valence-corrected chi connectivity index (χ4v) is 4.63. The van der Waals surface area contributed by atoms with Crippen molar-refractivity contribution in [3.63, 3.8) is 0 Å². The Kier molecular flexibility index (Phi) is 6.56. The zero-order valence-electron chi connectivity index (χ0n) is 18.5. The van der Waals surface area contributed by atoms with E-state index >= 15 is 0 Å². The Labute approximate surface area is 158 Å². The molecule has 0 aromatic heterocycles. The maximum absolute atomic E-state index is 5.86. The molecule has 1 rings (SSSR count). The summed E-state index contributed by atoms with van der Waals surface area (Å²) in [4.78, 5) is 0. The topological polar surface area (TPSA) is 0 Å². The van der Waals surface area contributed by atoms with E-state index in [0.29, 0.717) is 5.92 Å². The van der Waals surface area contributed by atoms with E-state index in [2.05, 4.69) is 84.6 Å². The highest BCUT2D eigenvalue weighted by Crippen LogP contribution is 2.62. The second kappa shape index (κ2) is 7.40. The molecule has 0 fully saturated rings. The molecule has 1 aromatic rings. The van der Waals surface area contributed by atoms with Gasteiger partial charge >= 0.3 is 0 Å². The summed E-state index contributed by atoms with van der Waals surface area (Å²) in [5.41, 5.74) is 5.46. The summed E-state index contributed by atoms with van der Waals surface area (Å²) in [6, 6.07) is 4.71. The van der Waals surface area contributed by atoms with E-state index in [-0.39, 0.29) is 5.41 Å². The highest BCUT2D eigenvalue weighted by atomic mass is 32.3. The van der Waals surface area contributed by atoms with Crippen LogP contribution in [0.25, 0.3) is 0 Å². The third-order valence-corrected chi connectivity index (χ3v) is 10.4. The number of terminal acetylenes is 1. The lowest BCUT2D eigenvalue weighted by atomic mass is 9.72. The van der Waals surface area contributed by atoms with Crippen LogP contribution in [0.5, 0.6) is 0 Å². The normalized spacial score (nSPS) is 18.5. The third-order valence-electron chi connectivity index (χ3n) is 6.71. The first-order chi connectivity index (χ1) is 11.3. The van der Waals surface area contributed by atoms with E-state index < -0.39 is 9.16 Å². The van der Waals surface area contributed by atoms with E-state index in [1.54, 1.807) is 0 Å². The minimum absolute atomic E-state index is 0.180. The molecule has 0 heterocycles. The van der Waals surface area contributed by atoms with Crippen LogP contribution in [0.3, 0.4) is 0 Å². The van der Waals surface area contributed by atoms with Crippen LogP contribution in [0.4, 0.5) is 0 Å². The van der Waals surface area contributed by atoms with E-state index in [1.807, 2.05) is 0 Å². The number of rotatable bonds is 7. The minimum Gasteiger partial charge on any atom is -0.290 e. The summed E-state index contributed by atoms with van der Waals surface area (Å²) in [5, 5.41) is 0.733. The summed E-state index contributed by atoms with van der Waals surface area (Å²) < 4.78 is 0. The van der Waals surface area contributed by atoms with Gasteiger partial charge < -0.3 is 0 Å². The SMILES string of the molecule is C#Cc1cc(C(C)CC)cc(C(C)(CC)CC(C)[SH](C)(C)(C)C)c1C. The molecule has 0 amide bonds. The van der Waals surface area contributed by atoms with Gasteiger partial charge in [-0.3, -0.25) is 9.16 Å². The first-order valence-corrected chi connectivity index (χ1v) is 14.0. The summed E-state index contributed by atoms with van der Waals surface area (Å²) in [6.07, 6.45) is 19.4. The van der Waals surface area contributed by atoms with Crippen molar-refractivity contribution in [3.05, 3.63) is 34.4 Å². The predicted molar refractivity (Wildman–Crippen MR) is 122 cm³/mol. The van der Waals surface area contributed by atoms with Gasteiger partial charge in [0, 0.05) is 5.56 Å². The van der Waals surface area contributed by atoms with E-state index in [1.165, 1.54) is 23.1 Å². The Hall–Kier alpha value is -0.870. The van der Waals surface area contributed by atoms with Crippen LogP contribution >= 0.6 is 9.16 Å². The molecule has 0 aliphatic carbocycles. The molecule has 1 aromatic carbocycles. The van der Waals surface area contributed by atoms with Crippen LogP contribution < -0.4 is 0 Å². The number of benzene rings is 1. The lowest BCUT2D eigenvalue weighted by Crippen LogP contribution is -2.34. The van der Waals surface area contributed by atoms with Crippen LogP contribution in [0, 0.1) is 19.3 Å². The molecule has 0 radical (unpaired) electrons. The summed E-state index contributed by atoms with van der Waals surface area (Å²) in [5.74, 6) is 3.50. The van der Waals surface area contributed by atoms with Gasteiger partial charge in [0.15, 0.2) is 0 Å². The predicted octanol–water partition coefficient (Wildman–Crippen LogP) is 6.53. The van der Waals surface area contributed by atoms with Crippen LogP contribution in [0.2, 0.25) is 0 Å². The number of thiol groups is 1. The average Bonchev–Trinajstić information content (AvgIpc) is 2.52. The molecule has 3 atom stereocenters. The van der Waals surface area contributed by atoms with Crippen molar-refractivity contribution in [1.82, 2.24) is 0 Å². The molecule has 0 bridgehead atoms. The summed E-state index contributed by atoms with van der Waals surface area (Å²) in [6.45, 7) is 14.0. The molecule has 0 aliphatic rings. The van der Waals surface area contributed by atoms with Gasteiger partial charge in [-0.15, -0.1) is 6.42 Å². The molecule has 3 unspecified atom stereocenters. The second-order valence-corrected chi connectivity index (χ2v) is 18.7. The Balaban J connectivity index is 3.50. The molecule has 0 spiro atoms. The van der Waals surface area contributed by atoms with Gasteiger partial charge in [0.2, 0.25) is 0 Å². The molecule has 0 aliphatic heterocycles. The van der Waals surface area contributed by atoms with Crippen LogP contribution in [0.1, 0.15) is 82.1 Å². The van der Waals surface area contributed by atoms with Gasteiger partial charge in [-0.05, 0) is 90.5 Å². The molecule has 0 nitrogen and oxygen atoms in total.